The Morgan fingerprint density at radius 1 is 1.07 bits per heavy atom. The second-order valence-electron chi connectivity index (χ2n) is 10.1. The molecule has 0 atom stereocenters. The number of nitrogens with two attached hydrogens (primary N) is 1. The van der Waals surface area contributed by atoms with E-state index < -0.39 is 11.7 Å². The van der Waals surface area contributed by atoms with E-state index in [1.807, 2.05) is 45.8 Å². The number of nitrogen functional groups attached to an aromatic ring is 1. The Labute approximate surface area is 227 Å². The van der Waals surface area contributed by atoms with Crippen LogP contribution in [0.1, 0.15) is 34.9 Å². The highest BCUT2D eigenvalue weighted by Crippen LogP contribution is 2.37. The highest BCUT2D eigenvalue weighted by molar-refractivity contribution is 6.05. The van der Waals surface area contributed by atoms with E-state index in [0.29, 0.717) is 59.7 Å². The molecule has 202 valence electrons. The third kappa shape index (κ3) is 3.81. The molecule has 0 spiro atoms. The molecule has 0 aliphatic carbocycles. The molecular formula is C29H26FN7O3. The first-order valence-corrected chi connectivity index (χ1v) is 13.2. The van der Waals surface area contributed by atoms with Gasteiger partial charge >= 0.3 is 0 Å². The molecule has 7 rings (SSSR count). The Hall–Kier alpha value is -4.77. The number of carbonyl (C=O) groups is 1. The molecule has 3 N–H and O–H groups in total. The minimum atomic E-state index is -0.559. The molecule has 5 heterocycles. The lowest BCUT2D eigenvalue weighted by molar-refractivity contribution is -0.0215. The van der Waals surface area contributed by atoms with E-state index >= 15 is 4.39 Å². The van der Waals surface area contributed by atoms with Crippen LogP contribution in [-0.4, -0.2) is 43.0 Å². The summed E-state index contributed by atoms with van der Waals surface area (Å²) in [6.07, 6.45) is 5.62. The zero-order valence-corrected chi connectivity index (χ0v) is 21.5. The molecule has 10 nitrogen and oxygen atoms in total. The number of nitrogens with zero attached hydrogens (tertiary/aromatic N) is 5. The van der Waals surface area contributed by atoms with Gasteiger partial charge in [-0.1, -0.05) is 18.2 Å². The summed E-state index contributed by atoms with van der Waals surface area (Å²) in [5.74, 6) is -0.855. The summed E-state index contributed by atoms with van der Waals surface area (Å²) >= 11 is 0. The first kappa shape index (κ1) is 24.3. The fourth-order valence-corrected chi connectivity index (χ4v) is 5.67. The molecule has 5 aromatic rings. The molecule has 1 amide bonds. The third-order valence-electron chi connectivity index (χ3n) is 7.68. The van der Waals surface area contributed by atoms with Crippen LogP contribution in [-0.2, 0) is 17.7 Å². The zero-order valence-electron chi connectivity index (χ0n) is 21.5. The Morgan fingerprint density at radius 2 is 1.90 bits per heavy atom. The number of ether oxygens (including phenoxy) is 1. The van der Waals surface area contributed by atoms with Gasteiger partial charge in [0.2, 0.25) is 0 Å². The standard InChI is InChI=1S/C29H26FN7O3/c30-22-12-17(9-10-20(22)21-13-35(19-14-40-15-19)27-24(21)26(31)32-16-33-27)34-28(38)25-23-8-4-5-11-36(23)37(29(25)39)18-6-2-1-3-7-18/h1-3,6-7,9-10,12-13,16,19H,4-5,8,11,14-15H2,(H,34,38)(H2,31,32,33). The van der Waals surface area contributed by atoms with Gasteiger partial charge in [0.05, 0.1) is 36.0 Å². The summed E-state index contributed by atoms with van der Waals surface area (Å²) in [6, 6.07) is 13.8. The monoisotopic (exact) mass is 539 g/mol. The molecule has 1 saturated heterocycles. The summed E-state index contributed by atoms with van der Waals surface area (Å²) in [4.78, 5) is 35.4. The van der Waals surface area contributed by atoms with Crippen LogP contribution in [0.2, 0.25) is 0 Å². The topological polar surface area (TPSA) is 122 Å². The summed E-state index contributed by atoms with van der Waals surface area (Å²) in [5, 5.41) is 3.31. The van der Waals surface area contributed by atoms with Crippen LogP contribution in [0.25, 0.3) is 27.8 Å². The van der Waals surface area contributed by atoms with Crippen LogP contribution in [0.5, 0.6) is 0 Å². The van der Waals surface area contributed by atoms with Crippen LogP contribution in [0.3, 0.4) is 0 Å². The number of nitrogens with one attached hydrogen (secondary N) is 1. The lowest BCUT2D eigenvalue weighted by Crippen LogP contribution is -2.30. The van der Waals surface area contributed by atoms with E-state index in [1.165, 1.54) is 12.4 Å². The highest BCUT2D eigenvalue weighted by Gasteiger charge is 2.29. The van der Waals surface area contributed by atoms with Crippen LogP contribution < -0.4 is 16.6 Å². The van der Waals surface area contributed by atoms with Gasteiger partial charge in [0, 0.05) is 29.6 Å². The van der Waals surface area contributed by atoms with E-state index in [1.54, 1.807) is 16.8 Å². The number of fused-ring (bicyclic) bond motifs is 2. The third-order valence-corrected chi connectivity index (χ3v) is 7.68. The van der Waals surface area contributed by atoms with Crippen molar-refractivity contribution in [2.24, 2.45) is 0 Å². The molecule has 2 aliphatic heterocycles. The minimum absolute atomic E-state index is 0.0838. The predicted octanol–water partition coefficient (Wildman–Crippen LogP) is 3.93. The number of benzene rings is 2. The number of hydrogen-bond acceptors (Lipinski definition) is 6. The number of amides is 1. The first-order valence-electron chi connectivity index (χ1n) is 13.2. The van der Waals surface area contributed by atoms with Crippen molar-refractivity contribution in [3.63, 3.8) is 0 Å². The number of halogens is 1. The highest BCUT2D eigenvalue weighted by atomic mass is 19.1. The maximum Gasteiger partial charge on any atom is 0.284 e. The minimum Gasteiger partial charge on any atom is -0.383 e. The van der Waals surface area contributed by atoms with E-state index in [2.05, 4.69) is 15.3 Å². The largest absolute Gasteiger partial charge is 0.383 e. The van der Waals surface area contributed by atoms with Gasteiger partial charge in [-0.25, -0.2) is 19.0 Å². The molecule has 0 radical (unpaired) electrons. The summed E-state index contributed by atoms with van der Waals surface area (Å²) < 4.78 is 26.3. The van der Waals surface area contributed by atoms with Gasteiger partial charge in [0.1, 0.15) is 29.2 Å². The van der Waals surface area contributed by atoms with Gasteiger partial charge in [0.25, 0.3) is 11.5 Å². The Kier molecular flexibility index (Phi) is 5.74. The van der Waals surface area contributed by atoms with Crippen LogP contribution >= 0.6 is 0 Å². The van der Waals surface area contributed by atoms with E-state index in [0.717, 1.165) is 12.8 Å². The summed E-state index contributed by atoms with van der Waals surface area (Å²) in [6.45, 7) is 1.72. The van der Waals surface area contributed by atoms with Crippen molar-refractivity contribution in [3.05, 3.63) is 88.5 Å². The Morgan fingerprint density at radius 3 is 2.65 bits per heavy atom. The van der Waals surface area contributed by atoms with Crippen molar-refractivity contribution < 1.29 is 13.9 Å². The number of rotatable bonds is 5. The second-order valence-corrected chi connectivity index (χ2v) is 10.1. The van der Waals surface area contributed by atoms with Gasteiger partial charge < -0.3 is 20.4 Å². The molecule has 40 heavy (non-hydrogen) atoms. The second kappa shape index (κ2) is 9.45. The van der Waals surface area contributed by atoms with E-state index in [4.69, 9.17) is 10.5 Å². The Bertz CT molecular complexity index is 1840. The average molecular weight is 540 g/mol. The average Bonchev–Trinajstić information content (AvgIpc) is 3.44. The normalized spacial score (nSPS) is 15.1. The SMILES string of the molecule is Nc1ncnc2c1c(-c1ccc(NC(=O)c3c4n(n(-c5ccccc5)c3=O)CCCC4)cc1F)cn2C1COC1. The molecule has 11 heteroatoms. The summed E-state index contributed by atoms with van der Waals surface area (Å²) in [5.41, 5.74) is 8.98. The van der Waals surface area contributed by atoms with Crippen molar-refractivity contribution in [1.29, 1.82) is 0 Å². The van der Waals surface area contributed by atoms with Crippen molar-refractivity contribution in [1.82, 2.24) is 23.9 Å². The molecular weight excluding hydrogens is 513 g/mol. The predicted molar refractivity (Wildman–Crippen MR) is 148 cm³/mol. The van der Waals surface area contributed by atoms with E-state index in [9.17, 15) is 9.59 Å². The number of anilines is 2. The van der Waals surface area contributed by atoms with Gasteiger partial charge in [-0.15, -0.1) is 0 Å². The molecule has 3 aromatic heterocycles. The zero-order chi connectivity index (χ0) is 27.4. The molecule has 0 unspecified atom stereocenters. The number of para-hydroxylation sites is 1. The smallest absolute Gasteiger partial charge is 0.284 e. The van der Waals surface area contributed by atoms with Crippen molar-refractivity contribution in [2.45, 2.75) is 31.8 Å². The van der Waals surface area contributed by atoms with Crippen LogP contribution in [0, 0.1) is 5.82 Å². The fraction of sp³-hybridized carbons (Fsp3) is 0.241. The first-order chi connectivity index (χ1) is 19.5. The number of carbonyl (C=O) groups excluding carboxylic acids is 1. The lowest BCUT2D eigenvalue weighted by atomic mass is 10.0. The molecule has 2 aliphatic rings. The van der Waals surface area contributed by atoms with Crippen LogP contribution in [0.15, 0.2) is 65.8 Å². The number of hydrogen-bond donors (Lipinski definition) is 2. The van der Waals surface area contributed by atoms with Crippen molar-refractivity contribution in [2.75, 3.05) is 24.3 Å². The summed E-state index contributed by atoms with van der Waals surface area (Å²) in [7, 11) is 0. The maximum absolute atomic E-state index is 15.6. The van der Waals surface area contributed by atoms with Gasteiger partial charge in [-0.3, -0.25) is 14.3 Å². The van der Waals surface area contributed by atoms with Crippen molar-refractivity contribution in [3.8, 4) is 16.8 Å². The maximum atomic E-state index is 15.6. The quantitative estimate of drug-likeness (QED) is 0.349. The van der Waals surface area contributed by atoms with E-state index in [-0.39, 0.29) is 28.7 Å². The van der Waals surface area contributed by atoms with Gasteiger partial charge in [-0.2, -0.15) is 0 Å². The fourth-order valence-electron chi connectivity index (χ4n) is 5.67. The van der Waals surface area contributed by atoms with Gasteiger partial charge in [0.15, 0.2) is 0 Å². The Balaban J connectivity index is 1.24. The molecule has 0 bridgehead atoms. The molecule has 2 aromatic carbocycles. The van der Waals surface area contributed by atoms with Crippen molar-refractivity contribution >= 4 is 28.4 Å². The molecule has 0 saturated carbocycles. The molecule has 1 fully saturated rings. The lowest BCUT2D eigenvalue weighted by Gasteiger charge is -2.27. The van der Waals surface area contributed by atoms with Gasteiger partial charge in [-0.05, 0) is 49.6 Å². The van der Waals surface area contributed by atoms with Crippen LogP contribution in [0.4, 0.5) is 15.9 Å². The number of aromatic nitrogens is 5.